The van der Waals surface area contributed by atoms with E-state index in [4.69, 9.17) is 16.3 Å². The molecule has 1 aliphatic rings. The summed E-state index contributed by atoms with van der Waals surface area (Å²) in [7, 11) is -1.81. The lowest BCUT2D eigenvalue weighted by Crippen LogP contribution is -2.30. The fourth-order valence-electron chi connectivity index (χ4n) is 2.05. The van der Waals surface area contributed by atoms with Gasteiger partial charge in [0.05, 0.1) is 11.0 Å². The molecule has 4 nitrogen and oxygen atoms in total. The predicted octanol–water partition coefficient (Wildman–Crippen LogP) is 1.83. The molecule has 6 heteroatoms. The Kier molecular flexibility index (Phi) is 4.27. The largest absolute Gasteiger partial charge is 0.380 e. The van der Waals surface area contributed by atoms with Crippen molar-refractivity contribution in [2.24, 2.45) is 0 Å². The van der Waals surface area contributed by atoms with Crippen LogP contribution in [0.2, 0.25) is 0 Å². The molecule has 100 valence electrons. The van der Waals surface area contributed by atoms with Gasteiger partial charge >= 0.3 is 0 Å². The lowest BCUT2D eigenvalue weighted by molar-refractivity contribution is 0.115. The number of rotatable bonds is 4. The Labute approximate surface area is 113 Å². The van der Waals surface area contributed by atoms with Crippen LogP contribution in [-0.4, -0.2) is 39.0 Å². The number of nitrogens with zero attached hydrogens (tertiary/aromatic N) is 1. The summed E-state index contributed by atoms with van der Waals surface area (Å²) in [5, 5.41) is 0. The summed E-state index contributed by atoms with van der Waals surface area (Å²) >= 11 is 5.73. The van der Waals surface area contributed by atoms with E-state index in [1.807, 2.05) is 6.07 Å². The average Bonchev–Trinajstić information content (AvgIpc) is 2.88. The van der Waals surface area contributed by atoms with E-state index in [0.717, 1.165) is 12.0 Å². The van der Waals surface area contributed by atoms with Crippen molar-refractivity contribution in [3.63, 3.8) is 0 Å². The molecule has 0 aromatic heterocycles. The molecule has 0 radical (unpaired) electrons. The second-order valence-corrected chi connectivity index (χ2v) is 6.50. The van der Waals surface area contributed by atoms with Crippen LogP contribution in [0.1, 0.15) is 12.0 Å². The van der Waals surface area contributed by atoms with E-state index in [2.05, 4.69) is 0 Å². The van der Waals surface area contributed by atoms with E-state index in [1.54, 1.807) is 25.3 Å². The zero-order valence-corrected chi connectivity index (χ0v) is 11.7. The summed E-state index contributed by atoms with van der Waals surface area (Å²) in [5.41, 5.74) is 0.806. The van der Waals surface area contributed by atoms with Gasteiger partial charge in [-0.3, -0.25) is 0 Å². The Morgan fingerprint density at radius 2 is 2.28 bits per heavy atom. The van der Waals surface area contributed by atoms with Crippen molar-refractivity contribution in [2.45, 2.75) is 23.3 Å². The van der Waals surface area contributed by atoms with Gasteiger partial charge in [-0.25, -0.2) is 8.42 Å². The minimum atomic E-state index is -3.42. The quantitative estimate of drug-likeness (QED) is 0.795. The maximum absolute atomic E-state index is 12.4. The van der Waals surface area contributed by atoms with E-state index < -0.39 is 10.0 Å². The van der Waals surface area contributed by atoms with Crippen LogP contribution in [0.25, 0.3) is 0 Å². The molecule has 1 atom stereocenters. The van der Waals surface area contributed by atoms with Crippen LogP contribution in [0, 0.1) is 0 Å². The zero-order chi connectivity index (χ0) is 13.2. The zero-order valence-electron chi connectivity index (χ0n) is 10.2. The van der Waals surface area contributed by atoms with Crippen LogP contribution in [0.5, 0.6) is 0 Å². The van der Waals surface area contributed by atoms with E-state index in [9.17, 15) is 8.42 Å². The molecule has 1 aromatic carbocycles. The Morgan fingerprint density at radius 3 is 2.89 bits per heavy atom. The van der Waals surface area contributed by atoms with Crippen LogP contribution in [0.4, 0.5) is 0 Å². The summed E-state index contributed by atoms with van der Waals surface area (Å²) in [6, 6.07) is 6.76. The molecular weight excluding hydrogens is 274 g/mol. The van der Waals surface area contributed by atoms with Gasteiger partial charge in [0.15, 0.2) is 0 Å². The number of benzene rings is 1. The van der Waals surface area contributed by atoms with Gasteiger partial charge in [-0.05, 0) is 24.1 Å². The monoisotopic (exact) mass is 289 g/mol. The number of ether oxygens (including phenoxy) is 1. The first-order valence-electron chi connectivity index (χ1n) is 5.76. The minimum Gasteiger partial charge on any atom is -0.380 e. The number of hydrogen-bond donors (Lipinski definition) is 0. The fourth-order valence-corrected chi connectivity index (χ4v) is 3.77. The van der Waals surface area contributed by atoms with Gasteiger partial charge in [0.25, 0.3) is 0 Å². The third-order valence-electron chi connectivity index (χ3n) is 3.13. The van der Waals surface area contributed by atoms with Gasteiger partial charge in [0, 0.05) is 26.1 Å². The highest BCUT2D eigenvalue weighted by atomic mass is 35.5. The first kappa shape index (κ1) is 13.8. The average molecular weight is 290 g/mol. The molecule has 0 N–H and O–H groups in total. The summed E-state index contributed by atoms with van der Waals surface area (Å²) in [5.74, 6) is 0.310. The van der Waals surface area contributed by atoms with E-state index in [-0.39, 0.29) is 6.10 Å². The third-order valence-corrected chi connectivity index (χ3v) is 5.30. The van der Waals surface area contributed by atoms with Crippen LogP contribution in [0.3, 0.4) is 0 Å². The van der Waals surface area contributed by atoms with Gasteiger partial charge < -0.3 is 4.74 Å². The Hall–Kier alpha value is -0.620. The van der Waals surface area contributed by atoms with Gasteiger partial charge in [-0.1, -0.05) is 12.1 Å². The SMILES string of the molecule is COC1CCN(S(=O)(=O)c2cccc(CCl)c2)C1. The number of sulfonamides is 1. The normalized spacial score (nSPS) is 21.3. The second-order valence-electron chi connectivity index (χ2n) is 4.29. The highest BCUT2D eigenvalue weighted by molar-refractivity contribution is 7.89. The molecule has 2 rings (SSSR count). The van der Waals surface area contributed by atoms with Gasteiger partial charge in [0.2, 0.25) is 10.0 Å². The topological polar surface area (TPSA) is 46.6 Å². The van der Waals surface area contributed by atoms with Gasteiger partial charge in [-0.15, -0.1) is 11.6 Å². The summed E-state index contributed by atoms with van der Waals surface area (Å²) < 4.78 is 31.4. The highest BCUT2D eigenvalue weighted by Gasteiger charge is 2.32. The lowest BCUT2D eigenvalue weighted by atomic mass is 10.2. The van der Waals surface area contributed by atoms with Crippen molar-refractivity contribution in [3.8, 4) is 0 Å². The van der Waals surface area contributed by atoms with E-state index in [0.29, 0.717) is 23.9 Å². The van der Waals surface area contributed by atoms with Crippen LogP contribution in [-0.2, 0) is 20.6 Å². The maximum atomic E-state index is 12.4. The van der Waals surface area contributed by atoms with Gasteiger partial charge in [-0.2, -0.15) is 4.31 Å². The van der Waals surface area contributed by atoms with Crippen LogP contribution < -0.4 is 0 Å². The van der Waals surface area contributed by atoms with Gasteiger partial charge in [0.1, 0.15) is 0 Å². The molecular formula is C12H16ClNO3S. The van der Waals surface area contributed by atoms with Crippen molar-refractivity contribution in [3.05, 3.63) is 29.8 Å². The first-order valence-corrected chi connectivity index (χ1v) is 7.73. The molecule has 1 aliphatic heterocycles. The molecule has 0 amide bonds. The molecule has 0 spiro atoms. The molecule has 1 heterocycles. The molecule has 18 heavy (non-hydrogen) atoms. The Morgan fingerprint density at radius 1 is 1.50 bits per heavy atom. The second kappa shape index (κ2) is 5.57. The summed E-state index contributed by atoms with van der Waals surface area (Å²) in [6.07, 6.45) is 0.737. The summed E-state index contributed by atoms with van der Waals surface area (Å²) in [6.45, 7) is 0.926. The standard InChI is InChI=1S/C12H16ClNO3S/c1-17-11-5-6-14(9-11)18(15,16)12-4-2-3-10(7-12)8-13/h2-4,7,11H,5-6,8-9H2,1H3. The number of methoxy groups -OCH3 is 1. The lowest BCUT2D eigenvalue weighted by Gasteiger charge is -2.16. The minimum absolute atomic E-state index is 0.00372. The molecule has 1 aromatic rings. The van der Waals surface area contributed by atoms with Crippen molar-refractivity contribution in [1.29, 1.82) is 0 Å². The van der Waals surface area contributed by atoms with E-state index >= 15 is 0 Å². The van der Waals surface area contributed by atoms with Crippen LogP contribution in [0.15, 0.2) is 29.2 Å². The van der Waals surface area contributed by atoms with Crippen molar-refractivity contribution < 1.29 is 13.2 Å². The Balaban J connectivity index is 2.25. The molecule has 1 unspecified atom stereocenters. The predicted molar refractivity (Wildman–Crippen MR) is 70.2 cm³/mol. The molecule has 1 saturated heterocycles. The fraction of sp³-hybridized carbons (Fsp3) is 0.500. The van der Waals surface area contributed by atoms with Crippen LogP contribution >= 0.6 is 11.6 Å². The maximum Gasteiger partial charge on any atom is 0.243 e. The Bertz CT molecular complexity index is 518. The van der Waals surface area contributed by atoms with Crippen molar-refractivity contribution in [2.75, 3.05) is 20.2 Å². The smallest absolute Gasteiger partial charge is 0.243 e. The number of halogens is 1. The number of hydrogen-bond acceptors (Lipinski definition) is 3. The van der Waals surface area contributed by atoms with Crippen molar-refractivity contribution >= 4 is 21.6 Å². The molecule has 0 bridgehead atoms. The molecule has 1 fully saturated rings. The first-order chi connectivity index (χ1) is 8.57. The molecule has 0 aliphatic carbocycles. The summed E-state index contributed by atoms with van der Waals surface area (Å²) in [4.78, 5) is 0.303. The number of alkyl halides is 1. The third kappa shape index (κ3) is 2.69. The molecule has 0 saturated carbocycles. The van der Waals surface area contributed by atoms with Crippen molar-refractivity contribution in [1.82, 2.24) is 4.31 Å². The van der Waals surface area contributed by atoms with E-state index in [1.165, 1.54) is 4.31 Å². The highest BCUT2D eigenvalue weighted by Crippen LogP contribution is 2.23.